The van der Waals surface area contributed by atoms with Gasteiger partial charge in [-0.1, -0.05) is 5.16 Å². The van der Waals surface area contributed by atoms with E-state index in [1.807, 2.05) is 0 Å². The molecule has 100 valence electrons. The summed E-state index contributed by atoms with van der Waals surface area (Å²) in [6, 6.07) is 9.79. The molecule has 0 aliphatic rings. The first-order valence-corrected chi connectivity index (χ1v) is 5.78. The number of benzene rings is 2. The first-order chi connectivity index (χ1) is 9.63. The fourth-order valence-corrected chi connectivity index (χ4v) is 1.75. The summed E-state index contributed by atoms with van der Waals surface area (Å²) in [5, 5.41) is 3.75. The standard InChI is InChI=1S/C14H9F2N3O/c15-9-3-1-8(2-4-9)13-18-14(20-19-13)11-6-5-10(17)7-12(11)16/h1-7H,17H2. The number of halogens is 2. The quantitative estimate of drug-likeness (QED) is 0.728. The molecule has 2 N–H and O–H groups in total. The minimum Gasteiger partial charge on any atom is -0.399 e. The van der Waals surface area contributed by atoms with E-state index >= 15 is 0 Å². The molecule has 4 nitrogen and oxygen atoms in total. The number of rotatable bonds is 2. The second-order valence-electron chi connectivity index (χ2n) is 4.17. The number of nitrogens with two attached hydrogens (primary N) is 1. The zero-order chi connectivity index (χ0) is 14.1. The van der Waals surface area contributed by atoms with Gasteiger partial charge in [-0.05, 0) is 42.5 Å². The fourth-order valence-electron chi connectivity index (χ4n) is 1.75. The summed E-state index contributed by atoms with van der Waals surface area (Å²) in [5.74, 6) is -0.598. The molecule has 1 aromatic heterocycles. The lowest BCUT2D eigenvalue weighted by Crippen LogP contribution is -1.89. The molecule has 1 heterocycles. The van der Waals surface area contributed by atoms with Gasteiger partial charge in [-0.3, -0.25) is 0 Å². The second kappa shape index (κ2) is 4.73. The Kier molecular flexibility index (Phi) is 2.90. The molecule has 20 heavy (non-hydrogen) atoms. The van der Waals surface area contributed by atoms with Crippen molar-refractivity contribution in [2.24, 2.45) is 0 Å². The van der Waals surface area contributed by atoms with Crippen molar-refractivity contribution in [3.63, 3.8) is 0 Å². The van der Waals surface area contributed by atoms with Crippen LogP contribution in [0.3, 0.4) is 0 Å². The van der Waals surface area contributed by atoms with Crippen LogP contribution in [0.15, 0.2) is 47.0 Å². The topological polar surface area (TPSA) is 64.9 Å². The van der Waals surface area contributed by atoms with Crippen LogP contribution in [-0.2, 0) is 0 Å². The van der Waals surface area contributed by atoms with Gasteiger partial charge in [-0.25, -0.2) is 8.78 Å². The van der Waals surface area contributed by atoms with Crippen LogP contribution in [0.1, 0.15) is 0 Å². The summed E-state index contributed by atoms with van der Waals surface area (Å²) in [5.41, 5.74) is 6.53. The molecule has 6 heteroatoms. The molecule has 0 saturated heterocycles. The van der Waals surface area contributed by atoms with E-state index in [1.54, 1.807) is 6.07 Å². The van der Waals surface area contributed by atoms with Crippen molar-refractivity contribution in [3.05, 3.63) is 54.1 Å². The molecule has 0 aliphatic heterocycles. The van der Waals surface area contributed by atoms with Crippen LogP contribution in [0.25, 0.3) is 22.8 Å². The molecule has 0 saturated carbocycles. The van der Waals surface area contributed by atoms with Gasteiger partial charge >= 0.3 is 0 Å². The van der Waals surface area contributed by atoms with Crippen LogP contribution >= 0.6 is 0 Å². The number of nitrogen functional groups attached to an aromatic ring is 1. The molecule has 3 aromatic rings. The Morgan fingerprint density at radius 3 is 2.45 bits per heavy atom. The fraction of sp³-hybridized carbons (Fsp3) is 0. The lowest BCUT2D eigenvalue weighted by Gasteiger charge is -1.98. The van der Waals surface area contributed by atoms with Crippen molar-refractivity contribution >= 4 is 5.69 Å². The molecular formula is C14H9F2N3O. The summed E-state index contributed by atoms with van der Waals surface area (Å²) in [6.45, 7) is 0. The maximum atomic E-state index is 13.7. The highest BCUT2D eigenvalue weighted by atomic mass is 19.1. The Balaban J connectivity index is 1.99. The predicted octanol–water partition coefficient (Wildman–Crippen LogP) is 3.26. The Hall–Kier alpha value is -2.76. The summed E-state index contributed by atoms with van der Waals surface area (Å²) < 4.78 is 31.6. The Morgan fingerprint density at radius 2 is 1.75 bits per heavy atom. The molecule has 0 aliphatic carbocycles. The average molecular weight is 273 g/mol. The summed E-state index contributed by atoms with van der Waals surface area (Å²) >= 11 is 0. The van der Waals surface area contributed by atoms with Crippen molar-refractivity contribution in [1.29, 1.82) is 0 Å². The predicted molar refractivity (Wildman–Crippen MR) is 69.5 cm³/mol. The molecule has 0 atom stereocenters. The van der Waals surface area contributed by atoms with Crippen LogP contribution in [0.5, 0.6) is 0 Å². The first kappa shape index (κ1) is 12.3. The molecule has 0 radical (unpaired) electrons. The van der Waals surface area contributed by atoms with E-state index in [1.165, 1.54) is 36.4 Å². The molecule has 0 fully saturated rings. The number of nitrogens with zero attached hydrogens (tertiary/aromatic N) is 2. The monoisotopic (exact) mass is 273 g/mol. The summed E-state index contributed by atoms with van der Waals surface area (Å²) in [7, 11) is 0. The minimum atomic E-state index is -0.542. The van der Waals surface area contributed by atoms with Gasteiger partial charge in [0.15, 0.2) is 0 Å². The Bertz CT molecular complexity index is 753. The molecule has 3 rings (SSSR count). The van der Waals surface area contributed by atoms with Crippen LogP contribution in [-0.4, -0.2) is 10.1 Å². The third-order valence-electron chi connectivity index (χ3n) is 2.75. The molecule has 0 bridgehead atoms. The smallest absolute Gasteiger partial charge is 0.261 e. The molecule has 2 aromatic carbocycles. The number of hydrogen-bond donors (Lipinski definition) is 1. The highest BCUT2D eigenvalue weighted by Crippen LogP contribution is 2.25. The second-order valence-corrected chi connectivity index (χ2v) is 4.17. The van der Waals surface area contributed by atoms with E-state index in [-0.39, 0.29) is 23.1 Å². The number of aromatic nitrogens is 2. The van der Waals surface area contributed by atoms with E-state index in [0.29, 0.717) is 11.3 Å². The summed E-state index contributed by atoms with van der Waals surface area (Å²) in [6.07, 6.45) is 0. The Morgan fingerprint density at radius 1 is 1.00 bits per heavy atom. The normalized spacial score (nSPS) is 10.7. The van der Waals surface area contributed by atoms with Gasteiger partial charge < -0.3 is 10.3 Å². The highest BCUT2D eigenvalue weighted by molar-refractivity contribution is 5.62. The zero-order valence-corrected chi connectivity index (χ0v) is 10.2. The van der Waals surface area contributed by atoms with Gasteiger partial charge in [-0.15, -0.1) is 0 Å². The van der Waals surface area contributed by atoms with Gasteiger partial charge in [0.1, 0.15) is 11.6 Å². The zero-order valence-electron chi connectivity index (χ0n) is 10.2. The van der Waals surface area contributed by atoms with E-state index in [9.17, 15) is 8.78 Å². The van der Waals surface area contributed by atoms with Crippen molar-refractivity contribution < 1.29 is 13.3 Å². The Labute approximate surface area is 112 Å². The molecular weight excluding hydrogens is 264 g/mol. The average Bonchev–Trinajstić information content (AvgIpc) is 2.89. The van der Waals surface area contributed by atoms with Crippen molar-refractivity contribution in [2.45, 2.75) is 0 Å². The maximum absolute atomic E-state index is 13.7. The minimum absolute atomic E-state index is 0.0434. The third-order valence-corrected chi connectivity index (χ3v) is 2.75. The van der Waals surface area contributed by atoms with Crippen molar-refractivity contribution in [2.75, 3.05) is 5.73 Å². The van der Waals surface area contributed by atoms with Gasteiger partial charge in [0.25, 0.3) is 5.89 Å². The third kappa shape index (κ3) is 2.23. The van der Waals surface area contributed by atoms with Gasteiger partial charge in [0.2, 0.25) is 5.82 Å². The van der Waals surface area contributed by atoms with Gasteiger partial charge in [0, 0.05) is 11.3 Å². The van der Waals surface area contributed by atoms with E-state index in [2.05, 4.69) is 10.1 Å². The van der Waals surface area contributed by atoms with Crippen molar-refractivity contribution in [1.82, 2.24) is 10.1 Å². The van der Waals surface area contributed by atoms with E-state index < -0.39 is 5.82 Å². The molecule has 0 amide bonds. The van der Waals surface area contributed by atoms with Crippen LogP contribution in [0.4, 0.5) is 14.5 Å². The SMILES string of the molecule is Nc1ccc(-c2nc(-c3ccc(F)cc3)no2)c(F)c1. The molecule has 0 spiro atoms. The van der Waals surface area contributed by atoms with Crippen LogP contribution in [0, 0.1) is 11.6 Å². The highest BCUT2D eigenvalue weighted by Gasteiger charge is 2.14. The maximum Gasteiger partial charge on any atom is 0.261 e. The first-order valence-electron chi connectivity index (χ1n) is 5.78. The largest absolute Gasteiger partial charge is 0.399 e. The van der Waals surface area contributed by atoms with Crippen LogP contribution < -0.4 is 5.73 Å². The number of anilines is 1. The number of hydrogen-bond acceptors (Lipinski definition) is 4. The van der Waals surface area contributed by atoms with Crippen LogP contribution in [0.2, 0.25) is 0 Å². The van der Waals surface area contributed by atoms with Gasteiger partial charge in [-0.2, -0.15) is 4.98 Å². The lowest BCUT2D eigenvalue weighted by molar-refractivity contribution is 0.429. The van der Waals surface area contributed by atoms with Gasteiger partial charge in [0.05, 0.1) is 5.56 Å². The van der Waals surface area contributed by atoms with E-state index in [4.69, 9.17) is 10.3 Å². The van der Waals surface area contributed by atoms with E-state index in [0.717, 1.165) is 0 Å². The lowest BCUT2D eigenvalue weighted by atomic mass is 10.2. The summed E-state index contributed by atoms with van der Waals surface area (Å²) in [4.78, 5) is 4.09. The molecule has 0 unspecified atom stereocenters. The van der Waals surface area contributed by atoms with Crippen molar-refractivity contribution in [3.8, 4) is 22.8 Å².